The zero-order chi connectivity index (χ0) is 19.5. The van der Waals surface area contributed by atoms with Crippen molar-refractivity contribution in [2.24, 2.45) is 0 Å². The first-order valence-corrected chi connectivity index (χ1v) is 6.55. The van der Waals surface area contributed by atoms with E-state index in [1.165, 1.54) is 0 Å². The molecule has 0 radical (unpaired) electrons. The molecule has 0 saturated heterocycles. The Balaban J connectivity index is 2.66. The van der Waals surface area contributed by atoms with Gasteiger partial charge in [0.1, 0.15) is 0 Å². The Hall–Kier alpha value is -2.78. The lowest BCUT2D eigenvalue weighted by Crippen LogP contribution is -2.07. The largest absolute Gasteiger partial charge is 0.204 e. The third-order valence-electron chi connectivity index (χ3n) is 3.65. The molecule has 0 bridgehead atoms. The predicted octanol–water partition coefficient (Wildman–Crippen LogP) is 5.90. The first-order chi connectivity index (χ1) is 12.1. The minimum absolute atomic E-state index is 0.231. The molecule has 0 aliphatic rings. The first-order valence-electron chi connectivity index (χ1n) is 6.55. The van der Waals surface area contributed by atoms with E-state index in [-0.39, 0.29) is 6.07 Å². The Bertz CT molecular complexity index is 1080. The van der Waals surface area contributed by atoms with Gasteiger partial charge in [-0.1, -0.05) is 0 Å². The molecule has 0 atom stereocenters. The van der Waals surface area contributed by atoms with Crippen molar-refractivity contribution >= 4 is 10.8 Å². The summed E-state index contributed by atoms with van der Waals surface area (Å²) in [6, 6.07) is 0.538. The second-order valence-corrected chi connectivity index (χ2v) is 5.05. The summed E-state index contributed by atoms with van der Waals surface area (Å²) in [5, 5.41) is -3.58. The van der Waals surface area contributed by atoms with Crippen molar-refractivity contribution in [3.63, 3.8) is 0 Å². The van der Waals surface area contributed by atoms with Crippen molar-refractivity contribution in [1.82, 2.24) is 0 Å². The van der Waals surface area contributed by atoms with Gasteiger partial charge in [-0.05, 0) is 12.1 Å². The highest BCUT2D eigenvalue weighted by atomic mass is 19.2. The van der Waals surface area contributed by atoms with Crippen LogP contribution in [0.5, 0.6) is 0 Å². The van der Waals surface area contributed by atoms with Crippen molar-refractivity contribution in [3.05, 3.63) is 70.3 Å². The molecule has 0 spiro atoms. The maximum absolute atomic E-state index is 14.1. The van der Waals surface area contributed by atoms with Crippen molar-refractivity contribution in [3.8, 4) is 11.1 Å². The standard InChI is InChI=1S/C16H2F10/c17-4-2-1-3(8(18)9(4)19)5-6-7(12(22)14(24)10(5)20)13(23)16(26)15(25)11(6)21/h1-2H. The summed E-state index contributed by atoms with van der Waals surface area (Å²) in [4.78, 5) is 0. The lowest BCUT2D eigenvalue weighted by atomic mass is 9.95. The fraction of sp³-hybridized carbons (Fsp3) is 0. The van der Waals surface area contributed by atoms with Crippen molar-refractivity contribution in [1.29, 1.82) is 0 Å². The number of hydrogen-bond donors (Lipinski definition) is 0. The minimum atomic E-state index is -2.53. The summed E-state index contributed by atoms with van der Waals surface area (Å²) in [6.45, 7) is 0. The monoisotopic (exact) mass is 384 g/mol. The SMILES string of the molecule is Fc1ccc(-c2c(F)c(F)c(F)c3c(F)c(F)c(F)c(F)c23)c(F)c1F. The Morgan fingerprint density at radius 1 is 0.385 bits per heavy atom. The van der Waals surface area contributed by atoms with Gasteiger partial charge >= 0.3 is 0 Å². The Kier molecular flexibility index (Phi) is 4.08. The highest BCUT2D eigenvalue weighted by Crippen LogP contribution is 2.40. The molecule has 0 amide bonds. The Morgan fingerprint density at radius 2 is 0.846 bits per heavy atom. The van der Waals surface area contributed by atoms with Crippen LogP contribution in [-0.2, 0) is 0 Å². The summed E-state index contributed by atoms with van der Waals surface area (Å²) in [5.41, 5.74) is -3.01. The molecule has 3 aromatic carbocycles. The zero-order valence-electron chi connectivity index (χ0n) is 11.9. The normalized spacial score (nSPS) is 11.5. The summed E-state index contributed by atoms with van der Waals surface area (Å²) < 4.78 is 137. The van der Waals surface area contributed by atoms with E-state index in [9.17, 15) is 43.9 Å². The molecule has 26 heavy (non-hydrogen) atoms. The maximum Gasteiger partial charge on any atom is 0.198 e. The molecule has 0 aliphatic carbocycles. The molecule has 0 N–H and O–H groups in total. The van der Waals surface area contributed by atoms with E-state index in [0.29, 0.717) is 6.07 Å². The van der Waals surface area contributed by atoms with Gasteiger partial charge in [-0.3, -0.25) is 0 Å². The van der Waals surface area contributed by atoms with E-state index < -0.39 is 80.1 Å². The molecule has 0 aliphatic heterocycles. The molecule has 0 heterocycles. The molecule has 0 nitrogen and oxygen atoms in total. The summed E-state index contributed by atoms with van der Waals surface area (Å²) in [6.07, 6.45) is 0. The molecule has 10 heteroatoms. The smallest absolute Gasteiger partial charge is 0.198 e. The predicted molar refractivity (Wildman–Crippen MR) is 69.0 cm³/mol. The van der Waals surface area contributed by atoms with Gasteiger partial charge in [-0.15, -0.1) is 0 Å². The van der Waals surface area contributed by atoms with Gasteiger partial charge in [0.05, 0.1) is 5.39 Å². The zero-order valence-corrected chi connectivity index (χ0v) is 11.9. The molecule has 136 valence electrons. The van der Waals surface area contributed by atoms with Gasteiger partial charge in [0.2, 0.25) is 0 Å². The van der Waals surface area contributed by atoms with Crippen molar-refractivity contribution in [2.75, 3.05) is 0 Å². The molecule has 0 saturated carbocycles. The fourth-order valence-electron chi connectivity index (χ4n) is 2.47. The van der Waals surface area contributed by atoms with Gasteiger partial charge in [0.25, 0.3) is 0 Å². The van der Waals surface area contributed by atoms with Crippen LogP contribution in [0.3, 0.4) is 0 Å². The minimum Gasteiger partial charge on any atom is -0.204 e. The first kappa shape index (κ1) is 18.0. The van der Waals surface area contributed by atoms with E-state index in [0.717, 1.165) is 0 Å². The van der Waals surface area contributed by atoms with Crippen molar-refractivity contribution in [2.45, 2.75) is 0 Å². The Labute approximate surface area is 137 Å². The molecular formula is C16H2F10. The van der Waals surface area contributed by atoms with E-state index in [4.69, 9.17) is 0 Å². The second-order valence-electron chi connectivity index (χ2n) is 5.05. The van der Waals surface area contributed by atoms with Gasteiger partial charge in [-0.2, -0.15) is 0 Å². The average molecular weight is 384 g/mol. The second kappa shape index (κ2) is 5.89. The average Bonchev–Trinajstić information content (AvgIpc) is 2.61. The topological polar surface area (TPSA) is 0 Å². The van der Waals surface area contributed by atoms with Crippen molar-refractivity contribution < 1.29 is 43.9 Å². The van der Waals surface area contributed by atoms with Crippen LogP contribution < -0.4 is 0 Å². The van der Waals surface area contributed by atoms with Gasteiger partial charge < -0.3 is 0 Å². The van der Waals surface area contributed by atoms with Gasteiger partial charge in [0.15, 0.2) is 58.2 Å². The molecule has 0 unspecified atom stereocenters. The summed E-state index contributed by atoms with van der Waals surface area (Å²) >= 11 is 0. The van der Waals surface area contributed by atoms with Crippen LogP contribution in [0, 0.1) is 58.2 Å². The summed E-state index contributed by atoms with van der Waals surface area (Å²) in [5.74, 6) is -23.2. The highest BCUT2D eigenvalue weighted by molar-refractivity contribution is 5.98. The lowest BCUT2D eigenvalue weighted by Gasteiger charge is -2.14. The number of fused-ring (bicyclic) bond motifs is 1. The molecule has 0 aromatic heterocycles. The van der Waals surface area contributed by atoms with E-state index in [1.807, 2.05) is 0 Å². The van der Waals surface area contributed by atoms with Gasteiger partial charge in [0, 0.05) is 16.5 Å². The number of hydrogen-bond acceptors (Lipinski definition) is 0. The molecule has 3 rings (SSSR count). The van der Waals surface area contributed by atoms with Crippen LogP contribution in [0.25, 0.3) is 21.9 Å². The molecule has 3 aromatic rings. The van der Waals surface area contributed by atoms with Crippen LogP contribution in [-0.4, -0.2) is 0 Å². The highest BCUT2D eigenvalue weighted by Gasteiger charge is 2.32. The summed E-state index contributed by atoms with van der Waals surface area (Å²) in [7, 11) is 0. The maximum atomic E-state index is 14.1. The van der Waals surface area contributed by atoms with E-state index in [1.54, 1.807) is 0 Å². The fourth-order valence-corrected chi connectivity index (χ4v) is 2.47. The molecular weight excluding hydrogens is 382 g/mol. The number of rotatable bonds is 1. The van der Waals surface area contributed by atoms with Crippen LogP contribution in [0.2, 0.25) is 0 Å². The third-order valence-corrected chi connectivity index (χ3v) is 3.65. The quantitative estimate of drug-likeness (QED) is 0.279. The number of benzene rings is 3. The number of halogens is 10. The van der Waals surface area contributed by atoms with E-state index in [2.05, 4.69) is 0 Å². The Morgan fingerprint density at radius 3 is 1.38 bits per heavy atom. The van der Waals surface area contributed by atoms with E-state index >= 15 is 0 Å². The van der Waals surface area contributed by atoms with Crippen LogP contribution in [0.1, 0.15) is 0 Å². The lowest BCUT2D eigenvalue weighted by molar-refractivity contribution is 0.410. The third kappa shape index (κ3) is 2.24. The molecule has 0 fully saturated rings. The van der Waals surface area contributed by atoms with Crippen LogP contribution >= 0.6 is 0 Å². The van der Waals surface area contributed by atoms with Crippen LogP contribution in [0.4, 0.5) is 43.9 Å². The van der Waals surface area contributed by atoms with Crippen LogP contribution in [0.15, 0.2) is 12.1 Å². The van der Waals surface area contributed by atoms with Gasteiger partial charge in [-0.25, -0.2) is 43.9 Å².